The minimum absolute atomic E-state index is 0.0611. The average Bonchev–Trinajstić information content (AvgIpc) is 2.47. The van der Waals surface area contributed by atoms with E-state index in [9.17, 15) is 9.18 Å². The van der Waals surface area contributed by atoms with Gasteiger partial charge in [0.15, 0.2) is 5.78 Å². The topological polar surface area (TPSA) is 29.4 Å². The van der Waals surface area contributed by atoms with Gasteiger partial charge in [0.1, 0.15) is 5.82 Å². The standard InChI is InChI=1S/C17H16FNO/c1-13(11-17(20)15-5-3-2-4-6-15)19-12-14-7-9-16(18)10-8-14/h2-10H,11-12H2,1H3. The fraction of sp³-hybridized carbons (Fsp3) is 0.176. The molecule has 0 fully saturated rings. The van der Waals surface area contributed by atoms with Crippen molar-refractivity contribution in [3.05, 3.63) is 71.5 Å². The lowest BCUT2D eigenvalue weighted by Crippen LogP contribution is -2.05. The lowest BCUT2D eigenvalue weighted by Gasteiger charge is -2.02. The molecule has 0 spiro atoms. The van der Waals surface area contributed by atoms with Crippen LogP contribution in [0.1, 0.15) is 29.3 Å². The van der Waals surface area contributed by atoms with E-state index in [0.717, 1.165) is 11.3 Å². The zero-order chi connectivity index (χ0) is 14.4. The first-order chi connectivity index (χ1) is 9.65. The number of carbonyl (C=O) groups is 1. The van der Waals surface area contributed by atoms with E-state index >= 15 is 0 Å². The molecule has 0 aliphatic rings. The number of benzene rings is 2. The minimum atomic E-state index is -0.256. The highest BCUT2D eigenvalue weighted by Crippen LogP contribution is 2.07. The number of ketones is 1. The van der Waals surface area contributed by atoms with E-state index < -0.39 is 0 Å². The summed E-state index contributed by atoms with van der Waals surface area (Å²) in [5.74, 6) is -0.195. The molecule has 0 saturated heterocycles. The summed E-state index contributed by atoms with van der Waals surface area (Å²) in [5, 5.41) is 0. The Balaban J connectivity index is 1.94. The van der Waals surface area contributed by atoms with Crippen molar-refractivity contribution < 1.29 is 9.18 Å². The summed E-state index contributed by atoms with van der Waals surface area (Å²) in [4.78, 5) is 16.3. The Morgan fingerprint density at radius 1 is 1.05 bits per heavy atom. The molecule has 0 aromatic heterocycles. The van der Waals surface area contributed by atoms with E-state index in [1.54, 1.807) is 24.3 Å². The van der Waals surface area contributed by atoms with E-state index in [1.807, 2.05) is 25.1 Å². The van der Waals surface area contributed by atoms with E-state index in [0.29, 0.717) is 18.5 Å². The molecule has 2 nitrogen and oxygen atoms in total. The normalized spacial score (nSPS) is 11.4. The molecule has 0 saturated carbocycles. The number of Topliss-reactive ketones (excluding diaryl/α,β-unsaturated/α-hetero) is 1. The van der Waals surface area contributed by atoms with Gasteiger partial charge in [-0.1, -0.05) is 42.5 Å². The Morgan fingerprint density at radius 3 is 2.35 bits per heavy atom. The van der Waals surface area contributed by atoms with Gasteiger partial charge in [-0.2, -0.15) is 0 Å². The van der Waals surface area contributed by atoms with E-state index in [-0.39, 0.29) is 11.6 Å². The summed E-state index contributed by atoms with van der Waals surface area (Å²) in [7, 11) is 0. The molecule has 0 heterocycles. The molecule has 0 aliphatic carbocycles. The number of carbonyl (C=O) groups excluding carboxylic acids is 1. The van der Waals surface area contributed by atoms with Gasteiger partial charge in [0, 0.05) is 17.7 Å². The second kappa shape index (κ2) is 6.75. The van der Waals surface area contributed by atoms with Crippen LogP contribution in [0.4, 0.5) is 4.39 Å². The summed E-state index contributed by atoms with van der Waals surface area (Å²) in [6, 6.07) is 15.4. The third kappa shape index (κ3) is 4.12. The molecule has 0 bridgehead atoms. The molecule has 3 heteroatoms. The highest BCUT2D eigenvalue weighted by molar-refractivity contribution is 6.08. The largest absolute Gasteiger partial charge is 0.294 e. The van der Waals surface area contributed by atoms with Crippen molar-refractivity contribution in [2.24, 2.45) is 4.99 Å². The molecule has 20 heavy (non-hydrogen) atoms. The maximum atomic E-state index is 12.8. The van der Waals surface area contributed by atoms with Gasteiger partial charge < -0.3 is 0 Å². The molecular weight excluding hydrogens is 253 g/mol. The molecule has 0 unspecified atom stereocenters. The quantitative estimate of drug-likeness (QED) is 0.594. The Labute approximate surface area is 118 Å². The molecule has 102 valence electrons. The maximum Gasteiger partial charge on any atom is 0.168 e. The first kappa shape index (κ1) is 14.1. The van der Waals surface area contributed by atoms with E-state index in [4.69, 9.17) is 0 Å². The van der Waals surface area contributed by atoms with Gasteiger partial charge in [-0.05, 0) is 24.6 Å². The van der Waals surface area contributed by atoms with Crippen LogP contribution in [0.2, 0.25) is 0 Å². The van der Waals surface area contributed by atoms with Crippen molar-refractivity contribution in [2.45, 2.75) is 19.9 Å². The van der Waals surface area contributed by atoms with Crippen LogP contribution in [0.25, 0.3) is 0 Å². The van der Waals surface area contributed by atoms with Gasteiger partial charge >= 0.3 is 0 Å². The molecule has 2 rings (SSSR count). The van der Waals surface area contributed by atoms with Crippen LogP contribution < -0.4 is 0 Å². The Hall–Kier alpha value is -2.29. The second-order valence-electron chi connectivity index (χ2n) is 4.64. The lowest BCUT2D eigenvalue weighted by atomic mass is 10.1. The SMILES string of the molecule is CC(CC(=O)c1ccccc1)=NCc1ccc(F)cc1. The van der Waals surface area contributed by atoms with Crippen LogP contribution in [-0.2, 0) is 6.54 Å². The maximum absolute atomic E-state index is 12.8. The van der Waals surface area contributed by atoms with Gasteiger partial charge in [0.2, 0.25) is 0 Å². The summed E-state index contributed by atoms with van der Waals surface area (Å²) in [5.41, 5.74) is 2.41. The van der Waals surface area contributed by atoms with Crippen LogP contribution in [0, 0.1) is 5.82 Å². The molecule has 0 atom stereocenters. The summed E-state index contributed by atoms with van der Waals surface area (Å²) < 4.78 is 12.8. The molecule has 0 radical (unpaired) electrons. The molecule has 0 aliphatic heterocycles. The first-order valence-electron chi connectivity index (χ1n) is 6.48. The number of aliphatic imine (C=N–C) groups is 1. The third-order valence-electron chi connectivity index (χ3n) is 2.96. The second-order valence-corrected chi connectivity index (χ2v) is 4.64. The average molecular weight is 269 g/mol. The van der Waals surface area contributed by atoms with Crippen molar-refractivity contribution in [3.63, 3.8) is 0 Å². The Morgan fingerprint density at radius 2 is 1.70 bits per heavy atom. The molecule has 0 N–H and O–H groups in total. The van der Waals surface area contributed by atoms with E-state index in [1.165, 1.54) is 12.1 Å². The van der Waals surface area contributed by atoms with Crippen LogP contribution in [0.3, 0.4) is 0 Å². The fourth-order valence-electron chi connectivity index (χ4n) is 1.83. The van der Waals surface area contributed by atoms with Crippen LogP contribution in [0.5, 0.6) is 0 Å². The van der Waals surface area contributed by atoms with Crippen LogP contribution >= 0.6 is 0 Å². The smallest absolute Gasteiger partial charge is 0.168 e. The predicted octanol–water partition coefficient (Wildman–Crippen LogP) is 4.06. The molecular formula is C17H16FNO. The van der Waals surface area contributed by atoms with Gasteiger partial charge in [0.05, 0.1) is 6.54 Å². The van der Waals surface area contributed by atoms with Crippen LogP contribution in [0.15, 0.2) is 59.6 Å². The Kier molecular flexibility index (Phi) is 4.77. The third-order valence-corrected chi connectivity index (χ3v) is 2.96. The van der Waals surface area contributed by atoms with Crippen molar-refractivity contribution in [1.29, 1.82) is 0 Å². The highest BCUT2D eigenvalue weighted by Gasteiger charge is 2.06. The zero-order valence-electron chi connectivity index (χ0n) is 11.3. The number of hydrogen-bond donors (Lipinski definition) is 0. The Bertz CT molecular complexity index is 603. The predicted molar refractivity (Wildman–Crippen MR) is 78.6 cm³/mol. The monoisotopic (exact) mass is 269 g/mol. The summed E-state index contributed by atoms with van der Waals surface area (Å²) in [6.07, 6.45) is 0.311. The van der Waals surface area contributed by atoms with Crippen molar-refractivity contribution >= 4 is 11.5 Å². The molecule has 2 aromatic rings. The molecule has 0 amide bonds. The highest BCUT2D eigenvalue weighted by atomic mass is 19.1. The van der Waals surface area contributed by atoms with Gasteiger partial charge in [0.25, 0.3) is 0 Å². The fourth-order valence-corrected chi connectivity index (χ4v) is 1.83. The first-order valence-corrected chi connectivity index (χ1v) is 6.48. The molecule has 2 aromatic carbocycles. The summed E-state index contributed by atoms with van der Waals surface area (Å²) in [6.45, 7) is 2.30. The minimum Gasteiger partial charge on any atom is -0.294 e. The number of hydrogen-bond acceptors (Lipinski definition) is 2. The van der Waals surface area contributed by atoms with Gasteiger partial charge in [-0.15, -0.1) is 0 Å². The van der Waals surface area contributed by atoms with Gasteiger partial charge in [-0.3, -0.25) is 9.79 Å². The zero-order valence-corrected chi connectivity index (χ0v) is 11.3. The number of nitrogens with zero attached hydrogens (tertiary/aromatic N) is 1. The van der Waals surface area contributed by atoms with Gasteiger partial charge in [-0.25, -0.2) is 4.39 Å². The van der Waals surface area contributed by atoms with Crippen molar-refractivity contribution in [1.82, 2.24) is 0 Å². The van der Waals surface area contributed by atoms with Crippen molar-refractivity contribution in [2.75, 3.05) is 0 Å². The van der Waals surface area contributed by atoms with Crippen LogP contribution in [-0.4, -0.2) is 11.5 Å². The number of halogens is 1. The summed E-state index contributed by atoms with van der Waals surface area (Å²) >= 11 is 0. The van der Waals surface area contributed by atoms with E-state index in [2.05, 4.69) is 4.99 Å². The lowest BCUT2D eigenvalue weighted by molar-refractivity contribution is 0.100. The van der Waals surface area contributed by atoms with Crippen molar-refractivity contribution in [3.8, 4) is 0 Å². The number of rotatable bonds is 5.